The van der Waals surface area contributed by atoms with E-state index in [4.69, 9.17) is 37.0 Å². The van der Waals surface area contributed by atoms with Crippen LogP contribution in [0.15, 0.2) is 0 Å². The second-order valence-electron chi connectivity index (χ2n) is 22.8. The summed E-state index contributed by atoms with van der Waals surface area (Å²) in [5, 5.41) is 10.5. The molecule has 0 saturated heterocycles. The Morgan fingerprint density at radius 1 is 0.359 bits per heavy atom. The highest BCUT2D eigenvalue weighted by Gasteiger charge is 2.30. The van der Waals surface area contributed by atoms with Gasteiger partial charge in [-0.15, -0.1) is 0 Å². The molecule has 0 amide bonds. The number of phosphoric ester groups is 2. The minimum absolute atomic E-state index is 0.100. The molecule has 0 aromatic carbocycles. The van der Waals surface area contributed by atoms with Gasteiger partial charge >= 0.3 is 39.5 Å². The number of unbranched alkanes of at least 4 members (excludes halogenated alkanes) is 20. The quantitative estimate of drug-likeness (QED) is 0.0222. The molecule has 462 valence electrons. The molecule has 0 aliphatic heterocycles. The highest BCUT2D eigenvalue weighted by Crippen LogP contribution is 2.45. The maximum Gasteiger partial charge on any atom is 0.472 e. The van der Waals surface area contributed by atoms with Crippen molar-refractivity contribution in [1.29, 1.82) is 0 Å². The lowest BCUT2D eigenvalue weighted by Crippen LogP contribution is -2.30. The van der Waals surface area contributed by atoms with Gasteiger partial charge in [0, 0.05) is 25.7 Å². The molecule has 0 aliphatic carbocycles. The lowest BCUT2D eigenvalue weighted by atomic mass is 10.00. The van der Waals surface area contributed by atoms with Crippen LogP contribution < -0.4 is 0 Å². The van der Waals surface area contributed by atoms with Crippen molar-refractivity contribution in [2.45, 2.75) is 292 Å². The topological polar surface area (TPSA) is 237 Å². The fraction of sp³-hybridized carbons (Fsp3) is 0.932. The van der Waals surface area contributed by atoms with Crippen LogP contribution in [-0.2, 0) is 65.4 Å². The maximum absolute atomic E-state index is 12.9. The number of esters is 4. The third kappa shape index (κ3) is 51.0. The van der Waals surface area contributed by atoms with Gasteiger partial charge in [-0.3, -0.25) is 37.3 Å². The summed E-state index contributed by atoms with van der Waals surface area (Å²) in [7, 11) is -9.88. The van der Waals surface area contributed by atoms with E-state index in [1.165, 1.54) is 64.2 Å². The average molecular weight is 1160 g/mol. The van der Waals surface area contributed by atoms with E-state index in [1.807, 2.05) is 0 Å². The van der Waals surface area contributed by atoms with Gasteiger partial charge in [0.25, 0.3) is 0 Å². The Labute approximate surface area is 473 Å². The van der Waals surface area contributed by atoms with Crippen molar-refractivity contribution in [3.05, 3.63) is 0 Å². The molecule has 0 heterocycles. The van der Waals surface area contributed by atoms with Crippen molar-refractivity contribution >= 4 is 39.5 Å². The highest BCUT2D eigenvalue weighted by molar-refractivity contribution is 7.47. The number of carbonyl (C=O) groups excluding carboxylic acids is 4. The summed E-state index contributed by atoms with van der Waals surface area (Å²) in [6.07, 6.45) is 27.0. The largest absolute Gasteiger partial charge is 0.472 e. The highest BCUT2D eigenvalue weighted by atomic mass is 31.2. The molecule has 78 heavy (non-hydrogen) atoms. The molecule has 0 spiro atoms. The minimum atomic E-state index is -4.94. The average Bonchev–Trinajstić information content (AvgIpc) is 3.39. The molecule has 0 saturated carbocycles. The van der Waals surface area contributed by atoms with Crippen LogP contribution in [-0.4, -0.2) is 96.7 Å². The minimum Gasteiger partial charge on any atom is -0.462 e. The first kappa shape index (κ1) is 76.1. The number of ether oxygens (including phenoxy) is 4. The number of hydrogen-bond donors (Lipinski definition) is 3. The fourth-order valence-electron chi connectivity index (χ4n) is 8.48. The van der Waals surface area contributed by atoms with E-state index in [2.05, 4.69) is 55.4 Å². The summed E-state index contributed by atoms with van der Waals surface area (Å²) in [4.78, 5) is 71.9. The Morgan fingerprint density at radius 3 is 0.910 bits per heavy atom. The molecule has 0 bridgehead atoms. The van der Waals surface area contributed by atoms with Gasteiger partial charge in [-0.05, 0) is 49.4 Å². The van der Waals surface area contributed by atoms with E-state index in [-0.39, 0.29) is 25.7 Å². The summed E-state index contributed by atoms with van der Waals surface area (Å²) >= 11 is 0. The summed E-state index contributed by atoms with van der Waals surface area (Å²) < 4.78 is 67.7. The number of aliphatic hydroxyl groups is 1. The molecule has 3 N–H and O–H groups in total. The standard InChI is InChI=1S/C59H114O17P2/c1-9-51(7)37-29-21-13-17-24-32-40-57(62)70-46-54(75-58(63)41-33-25-16-12-20-28-36-50(5)6)47-73-77(65,66)71-43-53(60)44-72-78(67,68)74-48-55(45-69-56(61)39-31-23-15-11-19-27-35-49(3)4)76-59(64)42-34-26-18-14-22-30-38-52(8)10-2/h49-55,60H,9-48H2,1-8H3,(H,65,66)(H,67,68)/t51?,52?,53-,54+,55+/m0/s1. The SMILES string of the molecule is CCC(C)CCCCCCCCC(=O)OC[C@H](COP(=O)(O)OC[C@H](O)COP(=O)(O)OC[C@@H](COC(=O)CCCCCCCCC(C)C)OC(=O)CCCCCCCCC(C)CC)OC(=O)CCCCCCCCC(C)C. The summed E-state index contributed by atoms with van der Waals surface area (Å²) in [6.45, 7) is 13.8. The third-order valence-electron chi connectivity index (χ3n) is 14.0. The third-order valence-corrected chi connectivity index (χ3v) is 15.9. The van der Waals surface area contributed by atoms with Crippen molar-refractivity contribution in [1.82, 2.24) is 0 Å². The van der Waals surface area contributed by atoms with Crippen LogP contribution in [0.3, 0.4) is 0 Å². The molecule has 19 heteroatoms. The maximum atomic E-state index is 12.9. The second kappa shape index (κ2) is 49.7. The first-order valence-electron chi connectivity index (χ1n) is 30.8. The predicted octanol–water partition coefficient (Wildman–Crippen LogP) is 15.4. The zero-order valence-corrected chi connectivity index (χ0v) is 52.1. The smallest absolute Gasteiger partial charge is 0.462 e. The van der Waals surface area contributed by atoms with Crippen molar-refractivity contribution in [3.8, 4) is 0 Å². The Kier molecular flexibility index (Phi) is 48.4. The summed E-state index contributed by atoms with van der Waals surface area (Å²) in [5.41, 5.74) is 0. The molecule has 17 nitrogen and oxygen atoms in total. The number of hydrogen-bond acceptors (Lipinski definition) is 15. The van der Waals surface area contributed by atoms with E-state index < -0.39 is 97.5 Å². The van der Waals surface area contributed by atoms with Crippen molar-refractivity contribution in [2.24, 2.45) is 23.7 Å². The van der Waals surface area contributed by atoms with Crippen LogP contribution in [0.1, 0.15) is 274 Å². The van der Waals surface area contributed by atoms with Gasteiger partial charge in [0.2, 0.25) is 0 Å². The predicted molar refractivity (Wildman–Crippen MR) is 307 cm³/mol. The first-order valence-corrected chi connectivity index (χ1v) is 33.8. The van der Waals surface area contributed by atoms with Crippen LogP contribution in [0.2, 0.25) is 0 Å². The lowest BCUT2D eigenvalue weighted by molar-refractivity contribution is -0.161. The molecular formula is C59H114O17P2. The Morgan fingerprint density at radius 2 is 0.615 bits per heavy atom. The van der Waals surface area contributed by atoms with Gasteiger partial charge in [0.15, 0.2) is 12.2 Å². The molecule has 0 fully saturated rings. The summed E-state index contributed by atoms with van der Waals surface area (Å²) in [6, 6.07) is 0. The molecule has 0 aromatic heterocycles. The fourth-order valence-corrected chi connectivity index (χ4v) is 10.1. The first-order chi connectivity index (χ1) is 37.2. The van der Waals surface area contributed by atoms with E-state index in [0.29, 0.717) is 37.5 Å². The Balaban J connectivity index is 5.25. The molecule has 4 unspecified atom stereocenters. The van der Waals surface area contributed by atoms with Crippen LogP contribution in [0.25, 0.3) is 0 Å². The molecule has 0 rings (SSSR count). The van der Waals surface area contributed by atoms with E-state index >= 15 is 0 Å². The van der Waals surface area contributed by atoms with Gasteiger partial charge in [0.05, 0.1) is 26.4 Å². The number of carbonyl (C=O) groups is 4. The molecular weight excluding hydrogens is 1040 g/mol. The van der Waals surface area contributed by atoms with Crippen LogP contribution in [0, 0.1) is 23.7 Å². The van der Waals surface area contributed by atoms with Crippen LogP contribution >= 0.6 is 15.6 Å². The molecule has 0 radical (unpaired) electrons. The van der Waals surface area contributed by atoms with Crippen molar-refractivity contribution < 1.29 is 80.2 Å². The van der Waals surface area contributed by atoms with Crippen molar-refractivity contribution in [2.75, 3.05) is 39.6 Å². The van der Waals surface area contributed by atoms with Crippen molar-refractivity contribution in [3.63, 3.8) is 0 Å². The van der Waals surface area contributed by atoms with Crippen LogP contribution in [0.5, 0.6) is 0 Å². The molecule has 0 aliphatic rings. The molecule has 0 aromatic rings. The Bertz CT molecular complexity index is 1580. The van der Waals surface area contributed by atoms with E-state index in [0.717, 1.165) is 115 Å². The summed E-state index contributed by atoms with van der Waals surface area (Å²) in [5.74, 6) is 0.645. The number of aliphatic hydroxyl groups excluding tert-OH is 1. The van der Waals surface area contributed by atoms with Gasteiger partial charge < -0.3 is 33.8 Å². The monoisotopic (exact) mass is 1160 g/mol. The second-order valence-corrected chi connectivity index (χ2v) is 25.7. The van der Waals surface area contributed by atoms with E-state index in [9.17, 15) is 43.2 Å². The zero-order chi connectivity index (χ0) is 58.3. The number of rotatable bonds is 56. The van der Waals surface area contributed by atoms with E-state index in [1.54, 1.807) is 0 Å². The zero-order valence-electron chi connectivity index (χ0n) is 50.3. The van der Waals surface area contributed by atoms with Gasteiger partial charge in [-0.2, -0.15) is 0 Å². The lowest BCUT2D eigenvalue weighted by Gasteiger charge is -2.21. The van der Waals surface area contributed by atoms with Gasteiger partial charge in [-0.25, -0.2) is 9.13 Å². The number of phosphoric acid groups is 2. The van der Waals surface area contributed by atoms with Gasteiger partial charge in [0.1, 0.15) is 19.3 Å². The molecule has 7 atom stereocenters. The van der Waals surface area contributed by atoms with Crippen LogP contribution in [0.4, 0.5) is 0 Å². The normalized spacial score (nSPS) is 15.3. The Hall–Kier alpha value is -1.94. The van der Waals surface area contributed by atoms with Gasteiger partial charge in [-0.1, -0.05) is 222 Å².